The Morgan fingerprint density at radius 2 is 0.850 bits per heavy atom. The highest BCUT2D eigenvalue weighted by Gasteiger charge is 2.58. The fraction of sp³-hybridized carbons (Fsp3) is 0.853. The van der Waals surface area contributed by atoms with E-state index in [1.54, 1.807) is 0 Å². The Kier molecular flexibility index (Phi) is 17.8. The highest BCUT2D eigenvalue weighted by Crippen LogP contribution is 2.37. The van der Waals surface area contributed by atoms with E-state index in [2.05, 4.69) is 0 Å². The standard InChI is InChI=1S/C34H52O26/c1-10(37)49-8-17-20(43)27(30(53-14(5)41)34(56-17)58-25-16(7-36)54-31(48)23(46)22(25)45)60-32-24(47)28(51-12(3)39)26(18(57-32)9-50-11(2)38)59-33-29(52-13(4)40)21(44)19(42)15(6-35)55-33/h15-36,42-48H,6-9H2,1-5H3/t15-,16-,17-,18-,19-,20-,21+,22-,23+,24+,25-,26-,27+,28-,29+,30+,31-,32+,33+,34+/m1/s1. The molecule has 4 rings (SSSR count). The average Bonchev–Trinajstić information content (AvgIpc) is 3.17. The van der Waals surface area contributed by atoms with Crippen molar-refractivity contribution in [2.24, 2.45) is 0 Å². The van der Waals surface area contributed by atoms with Gasteiger partial charge in [-0.2, -0.15) is 0 Å². The van der Waals surface area contributed by atoms with Gasteiger partial charge in [0.2, 0.25) is 0 Å². The molecular formula is C34H52O26. The second-order valence-corrected chi connectivity index (χ2v) is 14.1. The lowest BCUT2D eigenvalue weighted by Crippen LogP contribution is -2.68. The molecule has 4 aliphatic heterocycles. The van der Waals surface area contributed by atoms with Gasteiger partial charge in [-0.15, -0.1) is 0 Å². The summed E-state index contributed by atoms with van der Waals surface area (Å²) in [5, 5.41) is 95.4. The molecule has 4 fully saturated rings. The molecule has 26 heteroatoms. The van der Waals surface area contributed by atoms with Crippen LogP contribution >= 0.6 is 0 Å². The van der Waals surface area contributed by atoms with Crippen molar-refractivity contribution in [3.8, 4) is 0 Å². The number of aliphatic hydroxyl groups excluding tert-OH is 9. The molecule has 0 aromatic heterocycles. The number of rotatable bonds is 15. The topological polar surface area (TPSA) is 378 Å². The van der Waals surface area contributed by atoms with Gasteiger partial charge in [0.15, 0.2) is 43.5 Å². The molecule has 4 aliphatic rings. The second-order valence-electron chi connectivity index (χ2n) is 14.1. The molecule has 0 aromatic carbocycles. The van der Waals surface area contributed by atoms with Crippen molar-refractivity contribution in [2.45, 2.75) is 157 Å². The van der Waals surface area contributed by atoms with Crippen LogP contribution in [0.5, 0.6) is 0 Å². The molecule has 344 valence electrons. The third kappa shape index (κ3) is 12.0. The van der Waals surface area contributed by atoms with Crippen molar-refractivity contribution in [1.82, 2.24) is 0 Å². The van der Waals surface area contributed by atoms with Crippen molar-refractivity contribution in [3.63, 3.8) is 0 Å². The molecule has 0 amide bonds. The third-order valence-corrected chi connectivity index (χ3v) is 9.58. The highest BCUT2D eigenvalue weighted by atomic mass is 16.8. The normalized spacial score (nSPS) is 42.0. The molecule has 0 bridgehead atoms. The summed E-state index contributed by atoms with van der Waals surface area (Å²) in [4.78, 5) is 60.8. The monoisotopic (exact) mass is 876 g/mol. The summed E-state index contributed by atoms with van der Waals surface area (Å²) in [6.45, 7) is 1.55. The van der Waals surface area contributed by atoms with E-state index in [4.69, 9.17) is 56.8 Å². The Labute approximate surface area is 340 Å². The Bertz CT molecular complexity index is 1460. The van der Waals surface area contributed by atoms with E-state index in [0.29, 0.717) is 0 Å². The Balaban J connectivity index is 1.75. The summed E-state index contributed by atoms with van der Waals surface area (Å²) < 4.78 is 66.5. The molecule has 9 N–H and O–H groups in total. The van der Waals surface area contributed by atoms with Gasteiger partial charge in [-0.25, -0.2) is 0 Å². The van der Waals surface area contributed by atoms with Gasteiger partial charge in [0.1, 0.15) is 92.6 Å². The summed E-state index contributed by atoms with van der Waals surface area (Å²) in [7, 11) is 0. The Morgan fingerprint density at radius 3 is 1.40 bits per heavy atom. The number of ether oxygens (including phenoxy) is 12. The summed E-state index contributed by atoms with van der Waals surface area (Å²) in [6.07, 6.45) is -37.4. The number of hydrogen-bond donors (Lipinski definition) is 9. The molecular weight excluding hydrogens is 824 g/mol. The summed E-state index contributed by atoms with van der Waals surface area (Å²) in [5.41, 5.74) is 0. The molecule has 0 aromatic rings. The third-order valence-electron chi connectivity index (χ3n) is 9.58. The maximum Gasteiger partial charge on any atom is 0.303 e. The first-order chi connectivity index (χ1) is 28.2. The van der Waals surface area contributed by atoms with Crippen molar-refractivity contribution >= 4 is 29.8 Å². The first kappa shape index (κ1) is 49.4. The van der Waals surface area contributed by atoms with Crippen molar-refractivity contribution in [1.29, 1.82) is 0 Å². The van der Waals surface area contributed by atoms with E-state index < -0.39 is 179 Å². The lowest BCUT2D eigenvalue weighted by atomic mass is 9.95. The first-order valence-corrected chi connectivity index (χ1v) is 18.5. The van der Waals surface area contributed by atoms with Crippen molar-refractivity contribution in [2.75, 3.05) is 26.4 Å². The molecule has 4 heterocycles. The molecule has 0 unspecified atom stereocenters. The minimum absolute atomic E-state index is 0.729. The van der Waals surface area contributed by atoms with Crippen molar-refractivity contribution < 1.29 is 127 Å². The lowest BCUT2D eigenvalue weighted by molar-refractivity contribution is -0.388. The number of esters is 5. The number of carbonyl (C=O) groups excluding carboxylic acids is 5. The van der Waals surface area contributed by atoms with Crippen LogP contribution in [-0.4, -0.2) is 225 Å². The lowest BCUT2D eigenvalue weighted by Gasteiger charge is -2.50. The summed E-state index contributed by atoms with van der Waals surface area (Å²) in [6, 6.07) is 0. The van der Waals surface area contributed by atoms with Gasteiger partial charge >= 0.3 is 29.8 Å². The Hall–Kier alpha value is -3.29. The molecule has 60 heavy (non-hydrogen) atoms. The van der Waals surface area contributed by atoms with Crippen LogP contribution in [0.3, 0.4) is 0 Å². The molecule has 0 aliphatic carbocycles. The van der Waals surface area contributed by atoms with E-state index in [0.717, 1.165) is 34.6 Å². The predicted octanol–water partition coefficient (Wildman–Crippen LogP) is -6.89. The van der Waals surface area contributed by atoms with Crippen LogP contribution in [0.15, 0.2) is 0 Å². The van der Waals surface area contributed by atoms with E-state index in [-0.39, 0.29) is 0 Å². The van der Waals surface area contributed by atoms with Crippen LogP contribution in [0, 0.1) is 0 Å². The molecule has 26 nitrogen and oxygen atoms in total. The molecule has 20 atom stereocenters. The second kappa shape index (κ2) is 21.7. The fourth-order valence-corrected chi connectivity index (χ4v) is 6.82. The zero-order chi connectivity index (χ0) is 44.7. The zero-order valence-corrected chi connectivity index (χ0v) is 32.8. The molecule has 4 saturated heterocycles. The largest absolute Gasteiger partial charge is 0.463 e. The van der Waals surface area contributed by atoms with Crippen LogP contribution in [0.2, 0.25) is 0 Å². The number of carbonyl (C=O) groups is 5. The maximum absolute atomic E-state index is 12.5. The minimum Gasteiger partial charge on any atom is -0.463 e. The van der Waals surface area contributed by atoms with Gasteiger partial charge in [-0.05, 0) is 0 Å². The SMILES string of the molecule is CC(=O)OC[C@H]1O[C@@H](O[C@H]2[C@H](O)[C@H](O)[C@H](O)O[C@@H]2CO)[C@@H](OC(C)=O)[C@@H](O[C@@H]2O[C@H](COC(C)=O)[C@@H](O[C@@H]3O[C@H](CO)[C@@H](O)[C@H](O)[C@@H]3OC(C)=O)[C@H](OC(C)=O)[C@@H]2O)[C@@H]1O. The van der Waals surface area contributed by atoms with Crippen LogP contribution in [-0.2, 0) is 80.8 Å². The smallest absolute Gasteiger partial charge is 0.303 e. The van der Waals surface area contributed by atoms with E-state index in [9.17, 15) is 69.9 Å². The molecule has 0 saturated carbocycles. The Morgan fingerprint density at radius 1 is 0.400 bits per heavy atom. The number of hydrogen-bond acceptors (Lipinski definition) is 26. The minimum atomic E-state index is -2.18. The maximum atomic E-state index is 12.5. The molecule has 0 spiro atoms. The van der Waals surface area contributed by atoms with Gasteiger partial charge in [0, 0.05) is 34.6 Å². The predicted molar refractivity (Wildman–Crippen MR) is 182 cm³/mol. The molecule has 0 radical (unpaired) electrons. The zero-order valence-electron chi connectivity index (χ0n) is 32.8. The quantitative estimate of drug-likeness (QED) is 0.0545. The fourth-order valence-electron chi connectivity index (χ4n) is 6.82. The van der Waals surface area contributed by atoms with Gasteiger partial charge in [0.05, 0.1) is 13.2 Å². The van der Waals surface area contributed by atoms with Gasteiger partial charge in [-0.1, -0.05) is 0 Å². The van der Waals surface area contributed by atoms with Gasteiger partial charge < -0.3 is 103 Å². The number of aliphatic hydroxyl groups is 9. The van der Waals surface area contributed by atoms with Gasteiger partial charge in [-0.3, -0.25) is 24.0 Å². The van der Waals surface area contributed by atoms with Crippen molar-refractivity contribution in [3.05, 3.63) is 0 Å². The summed E-state index contributed by atoms with van der Waals surface area (Å²) in [5.74, 6) is -4.83. The van der Waals surface area contributed by atoms with E-state index in [1.165, 1.54) is 0 Å². The van der Waals surface area contributed by atoms with E-state index in [1.807, 2.05) is 0 Å². The van der Waals surface area contributed by atoms with Crippen LogP contribution in [0.1, 0.15) is 34.6 Å². The van der Waals surface area contributed by atoms with E-state index >= 15 is 0 Å². The average molecular weight is 877 g/mol. The van der Waals surface area contributed by atoms with Gasteiger partial charge in [0.25, 0.3) is 0 Å². The van der Waals surface area contributed by atoms with Crippen LogP contribution in [0.4, 0.5) is 0 Å². The van der Waals surface area contributed by atoms with Crippen LogP contribution < -0.4 is 0 Å². The van der Waals surface area contributed by atoms with Crippen LogP contribution in [0.25, 0.3) is 0 Å². The summed E-state index contributed by atoms with van der Waals surface area (Å²) >= 11 is 0. The first-order valence-electron chi connectivity index (χ1n) is 18.5. The highest BCUT2D eigenvalue weighted by molar-refractivity contribution is 5.67.